The SMILES string of the molecule is Nc1nccc(N2CCOCC2)c1N. The fraction of sp³-hybridized carbons (Fsp3) is 0.444. The molecule has 0 saturated carbocycles. The minimum atomic E-state index is 0.397. The third kappa shape index (κ3) is 1.58. The summed E-state index contributed by atoms with van der Waals surface area (Å²) in [6.45, 7) is 3.19. The second kappa shape index (κ2) is 3.71. The van der Waals surface area contributed by atoms with Crippen molar-refractivity contribution in [3.8, 4) is 0 Å². The van der Waals surface area contributed by atoms with Crippen molar-refractivity contribution in [1.29, 1.82) is 0 Å². The van der Waals surface area contributed by atoms with Crippen LogP contribution in [-0.2, 0) is 4.74 Å². The Morgan fingerprint density at radius 2 is 2.00 bits per heavy atom. The van der Waals surface area contributed by atoms with Crippen LogP contribution in [0.4, 0.5) is 17.2 Å². The van der Waals surface area contributed by atoms with Crippen LogP contribution < -0.4 is 16.4 Å². The van der Waals surface area contributed by atoms with Gasteiger partial charge in [0.05, 0.1) is 24.6 Å². The standard InChI is InChI=1S/C9H14N4O/c10-8-7(1-2-12-9(8)11)13-3-5-14-6-4-13/h1-2H,3-6,10H2,(H2,11,12). The second-order valence-electron chi connectivity index (χ2n) is 3.23. The molecular formula is C9H14N4O. The highest BCUT2D eigenvalue weighted by Gasteiger charge is 2.14. The van der Waals surface area contributed by atoms with E-state index >= 15 is 0 Å². The predicted octanol–water partition coefficient (Wildman–Crippen LogP) is 0.0826. The molecule has 0 radical (unpaired) electrons. The maximum absolute atomic E-state index is 5.84. The maximum Gasteiger partial charge on any atom is 0.148 e. The number of rotatable bonds is 1. The quantitative estimate of drug-likeness (QED) is 0.662. The number of ether oxygens (including phenoxy) is 1. The van der Waals surface area contributed by atoms with E-state index in [0.29, 0.717) is 11.5 Å². The number of hydrogen-bond donors (Lipinski definition) is 2. The highest BCUT2D eigenvalue weighted by Crippen LogP contribution is 2.26. The van der Waals surface area contributed by atoms with E-state index in [0.717, 1.165) is 32.0 Å². The van der Waals surface area contributed by atoms with E-state index < -0.39 is 0 Å². The van der Waals surface area contributed by atoms with E-state index in [-0.39, 0.29) is 0 Å². The van der Waals surface area contributed by atoms with Crippen molar-refractivity contribution in [2.45, 2.75) is 0 Å². The number of hydrogen-bond acceptors (Lipinski definition) is 5. The molecule has 0 spiro atoms. The Morgan fingerprint density at radius 1 is 1.29 bits per heavy atom. The summed E-state index contributed by atoms with van der Waals surface area (Å²) in [7, 11) is 0. The van der Waals surface area contributed by atoms with Crippen LogP contribution in [0.2, 0.25) is 0 Å². The summed E-state index contributed by atoms with van der Waals surface area (Å²) in [5.41, 5.74) is 13.0. The molecule has 76 valence electrons. The average Bonchev–Trinajstić information content (AvgIpc) is 2.23. The van der Waals surface area contributed by atoms with Crippen LogP contribution in [0.1, 0.15) is 0 Å². The van der Waals surface area contributed by atoms with Gasteiger partial charge in [0.15, 0.2) is 0 Å². The van der Waals surface area contributed by atoms with Gasteiger partial charge in [0.1, 0.15) is 5.82 Å². The van der Waals surface area contributed by atoms with Crippen LogP contribution >= 0.6 is 0 Å². The summed E-state index contributed by atoms with van der Waals surface area (Å²) in [5, 5.41) is 0. The summed E-state index contributed by atoms with van der Waals surface area (Å²) >= 11 is 0. The first kappa shape index (κ1) is 9.08. The molecule has 0 unspecified atom stereocenters. The topological polar surface area (TPSA) is 77.4 Å². The third-order valence-corrected chi connectivity index (χ3v) is 2.35. The minimum absolute atomic E-state index is 0.397. The summed E-state index contributed by atoms with van der Waals surface area (Å²) in [4.78, 5) is 6.09. The van der Waals surface area contributed by atoms with Gasteiger partial charge in [-0.25, -0.2) is 4.98 Å². The van der Waals surface area contributed by atoms with Crippen LogP contribution in [0.3, 0.4) is 0 Å². The monoisotopic (exact) mass is 194 g/mol. The van der Waals surface area contributed by atoms with Gasteiger partial charge in [-0.15, -0.1) is 0 Å². The lowest BCUT2D eigenvalue weighted by atomic mass is 10.2. The maximum atomic E-state index is 5.84. The van der Waals surface area contributed by atoms with E-state index in [4.69, 9.17) is 16.2 Å². The van der Waals surface area contributed by atoms with Crippen LogP contribution in [0.25, 0.3) is 0 Å². The third-order valence-electron chi connectivity index (χ3n) is 2.35. The first-order valence-electron chi connectivity index (χ1n) is 4.61. The molecule has 14 heavy (non-hydrogen) atoms. The van der Waals surface area contributed by atoms with Gasteiger partial charge in [-0.2, -0.15) is 0 Å². The Kier molecular flexibility index (Phi) is 2.41. The number of morpholine rings is 1. The van der Waals surface area contributed by atoms with Crippen molar-refractivity contribution < 1.29 is 4.74 Å². The molecule has 1 aliphatic heterocycles. The van der Waals surface area contributed by atoms with Gasteiger partial charge in [0.2, 0.25) is 0 Å². The van der Waals surface area contributed by atoms with Gasteiger partial charge in [0.25, 0.3) is 0 Å². The fourth-order valence-electron chi connectivity index (χ4n) is 1.56. The van der Waals surface area contributed by atoms with Crippen LogP contribution in [0.5, 0.6) is 0 Å². The molecule has 2 rings (SSSR count). The highest BCUT2D eigenvalue weighted by atomic mass is 16.5. The van der Waals surface area contributed by atoms with Gasteiger partial charge < -0.3 is 21.1 Å². The van der Waals surface area contributed by atoms with E-state index in [1.54, 1.807) is 6.20 Å². The Morgan fingerprint density at radius 3 is 2.71 bits per heavy atom. The van der Waals surface area contributed by atoms with Gasteiger partial charge in [-0.3, -0.25) is 0 Å². The predicted molar refractivity (Wildman–Crippen MR) is 56.1 cm³/mol. The van der Waals surface area contributed by atoms with Crippen molar-refractivity contribution in [3.05, 3.63) is 12.3 Å². The van der Waals surface area contributed by atoms with Gasteiger partial charge >= 0.3 is 0 Å². The molecule has 5 nitrogen and oxygen atoms in total. The molecule has 0 amide bonds. The smallest absolute Gasteiger partial charge is 0.148 e. The molecule has 1 aromatic heterocycles. The van der Waals surface area contributed by atoms with E-state index in [1.807, 2.05) is 6.07 Å². The Labute approximate surface area is 82.7 Å². The summed E-state index contributed by atoms with van der Waals surface area (Å²) < 4.78 is 5.26. The number of nitrogens with zero attached hydrogens (tertiary/aromatic N) is 2. The molecule has 2 heterocycles. The number of nitrogens with two attached hydrogens (primary N) is 2. The molecule has 5 heteroatoms. The zero-order valence-electron chi connectivity index (χ0n) is 7.94. The van der Waals surface area contributed by atoms with Crippen molar-refractivity contribution in [1.82, 2.24) is 4.98 Å². The summed E-state index contributed by atoms with van der Waals surface area (Å²) in [6, 6.07) is 1.89. The number of aromatic nitrogens is 1. The molecule has 1 aromatic rings. The Hall–Kier alpha value is -1.49. The fourth-order valence-corrected chi connectivity index (χ4v) is 1.56. The lowest BCUT2D eigenvalue weighted by molar-refractivity contribution is 0.123. The lowest BCUT2D eigenvalue weighted by Crippen LogP contribution is -2.36. The van der Waals surface area contributed by atoms with E-state index in [2.05, 4.69) is 9.88 Å². The molecule has 0 bridgehead atoms. The van der Waals surface area contributed by atoms with Gasteiger partial charge in [0, 0.05) is 19.3 Å². The second-order valence-corrected chi connectivity index (χ2v) is 3.23. The molecule has 1 saturated heterocycles. The number of anilines is 3. The molecule has 4 N–H and O–H groups in total. The molecule has 0 atom stereocenters. The molecular weight excluding hydrogens is 180 g/mol. The molecule has 0 aromatic carbocycles. The zero-order chi connectivity index (χ0) is 9.97. The van der Waals surface area contributed by atoms with Crippen LogP contribution in [-0.4, -0.2) is 31.3 Å². The largest absolute Gasteiger partial charge is 0.394 e. The molecule has 1 aliphatic rings. The number of nitrogen functional groups attached to an aromatic ring is 2. The highest BCUT2D eigenvalue weighted by molar-refractivity contribution is 5.76. The van der Waals surface area contributed by atoms with Crippen LogP contribution in [0.15, 0.2) is 12.3 Å². The number of pyridine rings is 1. The zero-order valence-corrected chi connectivity index (χ0v) is 7.94. The van der Waals surface area contributed by atoms with Gasteiger partial charge in [-0.05, 0) is 6.07 Å². The molecule has 0 aliphatic carbocycles. The van der Waals surface area contributed by atoms with Crippen molar-refractivity contribution in [2.24, 2.45) is 0 Å². The van der Waals surface area contributed by atoms with Crippen LogP contribution in [0, 0.1) is 0 Å². The summed E-state index contributed by atoms with van der Waals surface area (Å²) in [5.74, 6) is 0.397. The van der Waals surface area contributed by atoms with E-state index in [9.17, 15) is 0 Å². The minimum Gasteiger partial charge on any atom is -0.394 e. The summed E-state index contributed by atoms with van der Waals surface area (Å²) in [6.07, 6.45) is 1.68. The van der Waals surface area contributed by atoms with E-state index in [1.165, 1.54) is 0 Å². The first-order valence-corrected chi connectivity index (χ1v) is 4.61. The molecule has 1 fully saturated rings. The normalized spacial score (nSPS) is 17.0. The van der Waals surface area contributed by atoms with Gasteiger partial charge in [-0.1, -0.05) is 0 Å². The Bertz CT molecular complexity index is 323. The first-order chi connectivity index (χ1) is 6.79. The van der Waals surface area contributed by atoms with Crippen molar-refractivity contribution in [3.63, 3.8) is 0 Å². The Balaban J connectivity index is 2.26. The van der Waals surface area contributed by atoms with Crippen molar-refractivity contribution >= 4 is 17.2 Å². The lowest BCUT2D eigenvalue weighted by Gasteiger charge is -2.29. The average molecular weight is 194 g/mol. The van der Waals surface area contributed by atoms with Crippen molar-refractivity contribution in [2.75, 3.05) is 42.7 Å².